The molecular weight excluding hydrogens is 441 g/mol. The summed E-state index contributed by atoms with van der Waals surface area (Å²) in [6.45, 7) is 4.18. The summed E-state index contributed by atoms with van der Waals surface area (Å²) in [4.78, 5) is 16.3. The maximum absolute atomic E-state index is 15.5. The summed E-state index contributed by atoms with van der Waals surface area (Å²) in [5, 5.41) is 9.89. The maximum atomic E-state index is 15.5. The van der Waals surface area contributed by atoms with E-state index in [1.807, 2.05) is 31.2 Å². The van der Waals surface area contributed by atoms with Gasteiger partial charge in [0.05, 0.1) is 6.04 Å². The van der Waals surface area contributed by atoms with Gasteiger partial charge in [0.15, 0.2) is 0 Å². The number of H-pyrrole nitrogens is 1. The Bertz CT molecular complexity index is 1270. The van der Waals surface area contributed by atoms with Crippen molar-refractivity contribution in [1.29, 1.82) is 0 Å². The van der Waals surface area contributed by atoms with Crippen molar-refractivity contribution < 1.29 is 23.1 Å². The molecule has 0 amide bonds. The summed E-state index contributed by atoms with van der Waals surface area (Å²) < 4.78 is 45.2. The summed E-state index contributed by atoms with van der Waals surface area (Å²) in [6, 6.07) is 9.46. The first-order valence-corrected chi connectivity index (χ1v) is 11.6. The van der Waals surface area contributed by atoms with Gasteiger partial charge in [-0.15, -0.1) is 0 Å². The van der Waals surface area contributed by atoms with Crippen LogP contribution in [-0.2, 0) is 11.2 Å². The number of rotatable bonds is 5. The van der Waals surface area contributed by atoms with E-state index >= 15 is 8.78 Å². The van der Waals surface area contributed by atoms with Crippen LogP contribution in [0.2, 0.25) is 0 Å². The highest BCUT2D eigenvalue weighted by Gasteiger charge is 2.45. The predicted molar refractivity (Wildman–Crippen MR) is 125 cm³/mol. The second-order valence-electron chi connectivity index (χ2n) is 9.97. The summed E-state index contributed by atoms with van der Waals surface area (Å²) >= 11 is 0. The average Bonchev–Trinajstić information content (AvgIpc) is 3.10. The number of fused-ring (bicyclic) bond motifs is 3. The zero-order valence-corrected chi connectivity index (χ0v) is 19.1. The van der Waals surface area contributed by atoms with E-state index in [1.165, 1.54) is 18.2 Å². The summed E-state index contributed by atoms with van der Waals surface area (Å²) in [5.74, 6) is -2.54. The lowest BCUT2D eigenvalue weighted by Gasteiger charge is -2.47. The molecule has 1 fully saturated rings. The molecule has 2 N–H and O–H groups in total. The van der Waals surface area contributed by atoms with Crippen molar-refractivity contribution in [3.05, 3.63) is 76.5 Å². The van der Waals surface area contributed by atoms with Crippen molar-refractivity contribution in [2.45, 2.75) is 50.9 Å². The Hall–Kier alpha value is -3.06. The molecule has 0 unspecified atom stereocenters. The fraction of sp³-hybridized carbons (Fsp3) is 0.370. The van der Waals surface area contributed by atoms with E-state index in [2.05, 4.69) is 9.88 Å². The van der Waals surface area contributed by atoms with Crippen molar-refractivity contribution in [2.24, 2.45) is 5.92 Å². The molecule has 2 atom stereocenters. The Labute approximate surface area is 196 Å². The molecule has 2 aromatic carbocycles. The lowest BCUT2D eigenvalue weighted by atomic mass is 9.72. The minimum Gasteiger partial charge on any atom is -0.478 e. The summed E-state index contributed by atoms with van der Waals surface area (Å²) in [7, 11) is 0. The molecule has 1 saturated carbocycles. The molecular formula is C27H27F3N2O2. The largest absolute Gasteiger partial charge is 0.478 e. The average molecular weight is 469 g/mol. The minimum atomic E-state index is -1.19. The van der Waals surface area contributed by atoms with E-state index in [0.29, 0.717) is 19.4 Å². The second-order valence-corrected chi connectivity index (χ2v) is 9.97. The Kier molecular flexibility index (Phi) is 5.55. The molecule has 1 aliphatic heterocycles. The fourth-order valence-corrected chi connectivity index (χ4v) is 5.80. The van der Waals surface area contributed by atoms with Crippen LogP contribution in [0.15, 0.2) is 42.5 Å². The number of nitrogens with one attached hydrogen (secondary N) is 1. The molecule has 178 valence electrons. The van der Waals surface area contributed by atoms with Crippen LogP contribution in [0.5, 0.6) is 0 Å². The van der Waals surface area contributed by atoms with Crippen molar-refractivity contribution in [3.63, 3.8) is 0 Å². The third-order valence-corrected chi connectivity index (χ3v) is 7.21. The van der Waals surface area contributed by atoms with Gasteiger partial charge in [0.2, 0.25) is 0 Å². The quantitative estimate of drug-likeness (QED) is 0.451. The van der Waals surface area contributed by atoms with Gasteiger partial charge in [0, 0.05) is 40.8 Å². The van der Waals surface area contributed by atoms with Gasteiger partial charge in [-0.05, 0) is 74.4 Å². The molecule has 2 heterocycles. The monoisotopic (exact) mass is 468 g/mol. The highest BCUT2D eigenvalue weighted by Crippen LogP contribution is 2.46. The number of nitrogens with zero attached hydrogens (tertiary/aromatic N) is 1. The Morgan fingerprint density at radius 1 is 1.24 bits per heavy atom. The molecule has 3 aromatic rings. The standard InChI is InChI=1S/C27H27F3N2O2/c1-15-9-19-18-5-3-4-6-22(18)31-25(19)26(32(15)14-17-12-27(2,30)13-17)24-20(28)10-16(11-21(24)29)7-8-23(33)34/h3-8,10-11,15,17,26,31H,9,12-14H2,1-2H3,(H,33,34)/b8-7+/t15-,17?,26-,27?/m1/s1. The van der Waals surface area contributed by atoms with Gasteiger partial charge >= 0.3 is 5.97 Å². The van der Waals surface area contributed by atoms with Crippen molar-refractivity contribution in [2.75, 3.05) is 6.54 Å². The Morgan fingerprint density at radius 3 is 2.56 bits per heavy atom. The predicted octanol–water partition coefficient (Wildman–Crippen LogP) is 6.02. The number of carboxylic acid groups (broad SMARTS) is 1. The van der Waals surface area contributed by atoms with E-state index in [4.69, 9.17) is 5.11 Å². The molecule has 0 radical (unpaired) electrons. The van der Waals surface area contributed by atoms with E-state index in [1.54, 1.807) is 6.92 Å². The molecule has 0 bridgehead atoms. The number of aromatic amines is 1. The number of hydrogen-bond donors (Lipinski definition) is 2. The number of carboxylic acids is 1. The van der Waals surface area contributed by atoms with E-state index < -0.39 is 29.3 Å². The van der Waals surface area contributed by atoms with Crippen molar-refractivity contribution in [3.8, 4) is 0 Å². The van der Waals surface area contributed by atoms with Crippen LogP contribution in [0.25, 0.3) is 17.0 Å². The molecule has 0 saturated heterocycles. The number of benzene rings is 2. The van der Waals surface area contributed by atoms with Crippen molar-refractivity contribution in [1.82, 2.24) is 9.88 Å². The topological polar surface area (TPSA) is 56.3 Å². The lowest BCUT2D eigenvalue weighted by Crippen LogP contribution is -2.50. The van der Waals surface area contributed by atoms with Crippen LogP contribution >= 0.6 is 0 Å². The number of carbonyl (C=O) groups is 1. The second kappa shape index (κ2) is 8.31. The first-order valence-electron chi connectivity index (χ1n) is 11.6. The molecule has 1 aromatic heterocycles. The highest BCUT2D eigenvalue weighted by molar-refractivity contribution is 5.86. The first-order chi connectivity index (χ1) is 16.1. The van der Waals surface area contributed by atoms with Crippen LogP contribution < -0.4 is 0 Å². The SMILES string of the molecule is C[C@@H]1Cc2c([nH]c3ccccc23)[C@@H](c2c(F)cc(/C=C/C(=O)O)cc2F)N1CC1CC(C)(F)C1. The number of aliphatic carboxylic acids is 1. The molecule has 4 nitrogen and oxygen atoms in total. The molecule has 2 aliphatic rings. The molecule has 7 heteroatoms. The van der Waals surface area contributed by atoms with E-state index in [0.717, 1.165) is 34.7 Å². The summed E-state index contributed by atoms with van der Waals surface area (Å²) in [5.41, 5.74) is 1.60. The Balaban J connectivity index is 1.62. The normalized spacial score (nSPS) is 27.1. The first kappa shape index (κ1) is 22.7. The van der Waals surface area contributed by atoms with Gasteiger partial charge in [-0.3, -0.25) is 4.90 Å². The number of alkyl halides is 1. The highest BCUT2D eigenvalue weighted by atomic mass is 19.1. The zero-order valence-electron chi connectivity index (χ0n) is 19.1. The van der Waals surface area contributed by atoms with Crippen LogP contribution in [0.1, 0.15) is 55.1 Å². The number of halogens is 3. The van der Waals surface area contributed by atoms with Crippen LogP contribution in [0, 0.1) is 17.6 Å². The third kappa shape index (κ3) is 4.02. The molecule has 34 heavy (non-hydrogen) atoms. The number of aromatic nitrogens is 1. The van der Waals surface area contributed by atoms with Gasteiger partial charge in [0.1, 0.15) is 17.3 Å². The van der Waals surface area contributed by atoms with E-state index in [-0.39, 0.29) is 23.1 Å². The van der Waals surface area contributed by atoms with Gasteiger partial charge in [-0.1, -0.05) is 18.2 Å². The maximum Gasteiger partial charge on any atom is 0.328 e. The summed E-state index contributed by atoms with van der Waals surface area (Å²) in [6.07, 6.45) is 3.62. The fourth-order valence-electron chi connectivity index (χ4n) is 5.80. The lowest BCUT2D eigenvalue weighted by molar-refractivity contribution is -0.131. The van der Waals surface area contributed by atoms with Crippen LogP contribution in [-0.4, -0.2) is 39.2 Å². The van der Waals surface area contributed by atoms with E-state index in [9.17, 15) is 9.18 Å². The van der Waals surface area contributed by atoms with Gasteiger partial charge < -0.3 is 10.1 Å². The Morgan fingerprint density at radius 2 is 1.91 bits per heavy atom. The third-order valence-electron chi connectivity index (χ3n) is 7.21. The van der Waals surface area contributed by atoms with Crippen molar-refractivity contribution >= 4 is 22.9 Å². The molecule has 1 aliphatic carbocycles. The van der Waals surface area contributed by atoms with Crippen LogP contribution in [0.3, 0.4) is 0 Å². The van der Waals surface area contributed by atoms with Crippen LogP contribution in [0.4, 0.5) is 13.2 Å². The zero-order chi connectivity index (χ0) is 24.2. The smallest absolute Gasteiger partial charge is 0.328 e. The number of para-hydroxylation sites is 1. The van der Waals surface area contributed by atoms with Gasteiger partial charge in [0.25, 0.3) is 0 Å². The molecule has 5 rings (SSSR count). The van der Waals surface area contributed by atoms with Gasteiger partial charge in [-0.2, -0.15) is 0 Å². The number of hydrogen-bond acceptors (Lipinski definition) is 2. The van der Waals surface area contributed by atoms with Gasteiger partial charge in [-0.25, -0.2) is 18.0 Å². The molecule has 0 spiro atoms. The minimum absolute atomic E-state index is 0.00597.